The molecule has 0 radical (unpaired) electrons. The molecular weight excluding hydrogens is 520 g/mol. The van der Waals surface area contributed by atoms with E-state index in [0.29, 0.717) is 57.5 Å². The summed E-state index contributed by atoms with van der Waals surface area (Å²) in [6.45, 7) is 6.25. The molecule has 0 spiro atoms. The van der Waals surface area contributed by atoms with Crippen LogP contribution < -0.4 is 5.32 Å². The normalized spacial score (nSPS) is 19.4. The maximum atomic E-state index is 13.1. The summed E-state index contributed by atoms with van der Waals surface area (Å²) in [5.74, 6) is -1.13. The van der Waals surface area contributed by atoms with Gasteiger partial charge in [0.05, 0.1) is 11.1 Å². The van der Waals surface area contributed by atoms with Gasteiger partial charge in [0, 0.05) is 31.7 Å². The fourth-order valence-electron chi connectivity index (χ4n) is 4.63. The molecule has 38 heavy (non-hydrogen) atoms. The van der Waals surface area contributed by atoms with Gasteiger partial charge in [-0.1, -0.05) is 0 Å². The van der Waals surface area contributed by atoms with Gasteiger partial charge in [0.1, 0.15) is 11.6 Å². The fraction of sp³-hybridized carbons (Fsp3) is 0.640. The Hall–Kier alpha value is -2.99. The number of benzene rings is 1. The molecule has 0 aromatic heterocycles. The van der Waals surface area contributed by atoms with E-state index in [9.17, 15) is 40.7 Å². The first-order valence-corrected chi connectivity index (χ1v) is 12.3. The topological polar surface area (TPSA) is 79.0 Å². The van der Waals surface area contributed by atoms with Crippen LogP contribution in [0.4, 0.5) is 36.8 Å². The van der Waals surface area contributed by atoms with Crippen molar-refractivity contribution in [3.8, 4) is 0 Å². The molecule has 1 atom stereocenters. The Morgan fingerprint density at radius 1 is 0.895 bits per heavy atom. The van der Waals surface area contributed by atoms with Crippen molar-refractivity contribution in [2.75, 3.05) is 25.0 Å². The second-order valence-corrected chi connectivity index (χ2v) is 10.6. The van der Waals surface area contributed by atoms with Crippen LogP contribution in [-0.2, 0) is 26.7 Å². The van der Waals surface area contributed by atoms with Crippen molar-refractivity contribution in [2.24, 2.45) is 5.92 Å². The van der Waals surface area contributed by atoms with Crippen LogP contribution in [0.2, 0.25) is 0 Å². The first-order valence-electron chi connectivity index (χ1n) is 12.3. The number of likely N-dealkylation sites (tertiary alicyclic amines) is 2. The molecule has 3 rings (SSSR count). The number of amides is 3. The van der Waals surface area contributed by atoms with Crippen LogP contribution >= 0.6 is 0 Å². The SMILES string of the molecule is CC(C)(C)OC(=O)N1CCC[C@@H]1C(=O)N1CCC(CC(=O)Nc2cc(C(F)(F)F)cc(C(F)(F)F)c2)CC1. The number of rotatable bonds is 4. The standard InChI is InChI=1S/C25H31F6N3O4/c1-23(2,3)38-22(37)34-8-4-5-19(34)21(36)33-9-6-15(7-10-33)11-20(35)32-18-13-16(24(26,27)28)12-17(14-18)25(29,30)31/h12-15,19H,4-11H2,1-3H3,(H,32,35)/t19-/m1/s1. The van der Waals surface area contributed by atoms with E-state index in [2.05, 4.69) is 5.32 Å². The van der Waals surface area contributed by atoms with E-state index in [0.717, 1.165) is 0 Å². The second-order valence-electron chi connectivity index (χ2n) is 10.6. The first kappa shape index (κ1) is 29.6. The van der Waals surface area contributed by atoms with Gasteiger partial charge < -0.3 is 15.0 Å². The zero-order valence-electron chi connectivity index (χ0n) is 21.3. The van der Waals surface area contributed by atoms with E-state index >= 15 is 0 Å². The Morgan fingerprint density at radius 2 is 1.45 bits per heavy atom. The third-order valence-corrected chi connectivity index (χ3v) is 6.44. The van der Waals surface area contributed by atoms with Gasteiger partial charge in [-0.15, -0.1) is 0 Å². The average molecular weight is 552 g/mol. The third kappa shape index (κ3) is 7.76. The molecule has 13 heteroatoms. The molecule has 1 N–H and O–H groups in total. The lowest BCUT2D eigenvalue weighted by Crippen LogP contribution is -2.51. The van der Waals surface area contributed by atoms with Gasteiger partial charge in [-0.2, -0.15) is 26.3 Å². The number of hydrogen-bond acceptors (Lipinski definition) is 4. The van der Waals surface area contributed by atoms with Crippen molar-refractivity contribution in [2.45, 2.75) is 76.9 Å². The Morgan fingerprint density at radius 3 is 1.95 bits per heavy atom. The summed E-state index contributed by atoms with van der Waals surface area (Å²) in [5.41, 5.74) is -4.31. The highest BCUT2D eigenvalue weighted by Crippen LogP contribution is 2.37. The second kappa shape index (κ2) is 11.0. The number of carbonyl (C=O) groups excluding carboxylic acids is 3. The van der Waals surface area contributed by atoms with E-state index in [1.165, 1.54) is 4.90 Å². The minimum Gasteiger partial charge on any atom is -0.444 e. The highest BCUT2D eigenvalue weighted by atomic mass is 19.4. The van der Waals surface area contributed by atoms with Crippen LogP contribution in [-0.4, -0.2) is 59.0 Å². The molecule has 2 fully saturated rings. The lowest BCUT2D eigenvalue weighted by atomic mass is 9.92. The quantitative estimate of drug-likeness (QED) is 0.488. The van der Waals surface area contributed by atoms with Crippen LogP contribution in [0.25, 0.3) is 0 Å². The number of hydrogen-bond donors (Lipinski definition) is 1. The number of anilines is 1. The number of nitrogens with zero attached hydrogens (tertiary/aromatic N) is 2. The average Bonchev–Trinajstić information content (AvgIpc) is 3.27. The van der Waals surface area contributed by atoms with Crippen LogP contribution in [0.5, 0.6) is 0 Å². The van der Waals surface area contributed by atoms with Crippen LogP contribution in [0.15, 0.2) is 18.2 Å². The Balaban J connectivity index is 1.56. The predicted molar refractivity (Wildman–Crippen MR) is 125 cm³/mol. The summed E-state index contributed by atoms with van der Waals surface area (Å²) in [7, 11) is 0. The minimum absolute atomic E-state index is 0.00329. The van der Waals surface area contributed by atoms with E-state index < -0.39 is 52.8 Å². The Kier molecular flexibility index (Phi) is 8.57. The Bertz CT molecular complexity index is 1010. The van der Waals surface area contributed by atoms with Crippen molar-refractivity contribution >= 4 is 23.6 Å². The molecule has 1 aromatic carbocycles. The van der Waals surface area contributed by atoms with E-state index in [1.54, 1.807) is 25.7 Å². The van der Waals surface area contributed by atoms with Crippen molar-refractivity contribution in [3.63, 3.8) is 0 Å². The van der Waals surface area contributed by atoms with Gasteiger partial charge in [0.15, 0.2) is 0 Å². The van der Waals surface area contributed by atoms with Gasteiger partial charge in [-0.25, -0.2) is 4.79 Å². The zero-order chi connectivity index (χ0) is 28.5. The number of alkyl halides is 6. The zero-order valence-corrected chi connectivity index (χ0v) is 21.3. The van der Waals surface area contributed by atoms with Gasteiger partial charge in [-0.3, -0.25) is 14.5 Å². The summed E-state index contributed by atoms with van der Waals surface area (Å²) >= 11 is 0. The first-order chi connectivity index (χ1) is 17.4. The molecule has 7 nitrogen and oxygen atoms in total. The summed E-state index contributed by atoms with van der Waals surface area (Å²) in [6, 6.07) is 0.295. The molecule has 2 heterocycles. The summed E-state index contributed by atoms with van der Waals surface area (Å²) in [6.07, 6.45) is -8.67. The smallest absolute Gasteiger partial charge is 0.416 e. The minimum atomic E-state index is -5.02. The number of nitrogens with one attached hydrogen (secondary N) is 1. The maximum Gasteiger partial charge on any atom is 0.416 e. The molecule has 2 saturated heterocycles. The van der Waals surface area contributed by atoms with Gasteiger partial charge in [-0.05, 0) is 70.6 Å². The molecule has 3 amide bonds. The summed E-state index contributed by atoms with van der Waals surface area (Å²) in [5, 5.41) is 2.15. The summed E-state index contributed by atoms with van der Waals surface area (Å²) in [4.78, 5) is 41.1. The van der Waals surface area contributed by atoms with Crippen LogP contribution in [0, 0.1) is 5.92 Å². The Labute approximate surface area is 216 Å². The molecule has 212 valence electrons. The number of halogens is 6. The number of piperidine rings is 1. The lowest BCUT2D eigenvalue weighted by molar-refractivity contribution is -0.143. The highest BCUT2D eigenvalue weighted by molar-refractivity contribution is 5.91. The monoisotopic (exact) mass is 551 g/mol. The molecule has 0 unspecified atom stereocenters. The van der Waals surface area contributed by atoms with E-state index in [4.69, 9.17) is 4.74 Å². The largest absolute Gasteiger partial charge is 0.444 e. The molecule has 2 aliphatic heterocycles. The molecular formula is C25H31F6N3O4. The number of ether oxygens (including phenoxy) is 1. The van der Waals surface area contributed by atoms with Gasteiger partial charge >= 0.3 is 18.4 Å². The summed E-state index contributed by atoms with van der Waals surface area (Å²) < 4.78 is 83.8. The third-order valence-electron chi connectivity index (χ3n) is 6.44. The lowest BCUT2D eigenvalue weighted by Gasteiger charge is -2.35. The van der Waals surface area contributed by atoms with Crippen molar-refractivity contribution < 1.29 is 45.5 Å². The molecule has 2 aliphatic rings. The van der Waals surface area contributed by atoms with Gasteiger partial charge in [0.25, 0.3) is 0 Å². The van der Waals surface area contributed by atoms with Crippen LogP contribution in [0.1, 0.15) is 64.0 Å². The van der Waals surface area contributed by atoms with E-state index in [-0.39, 0.29) is 24.3 Å². The molecule has 0 saturated carbocycles. The number of carbonyl (C=O) groups is 3. The van der Waals surface area contributed by atoms with Gasteiger partial charge in [0.2, 0.25) is 11.8 Å². The molecule has 0 bridgehead atoms. The maximum absolute atomic E-state index is 13.1. The molecule has 0 aliphatic carbocycles. The van der Waals surface area contributed by atoms with Crippen LogP contribution in [0.3, 0.4) is 0 Å². The van der Waals surface area contributed by atoms with Crippen molar-refractivity contribution in [3.05, 3.63) is 29.3 Å². The molecule has 1 aromatic rings. The van der Waals surface area contributed by atoms with Crippen molar-refractivity contribution in [1.29, 1.82) is 0 Å². The fourth-order valence-corrected chi connectivity index (χ4v) is 4.63. The highest BCUT2D eigenvalue weighted by Gasteiger charge is 2.40. The van der Waals surface area contributed by atoms with Crippen molar-refractivity contribution in [1.82, 2.24) is 9.80 Å². The van der Waals surface area contributed by atoms with E-state index in [1.807, 2.05) is 0 Å². The predicted octanol–water partition coefficient (Wildman–Crippen LogP) is 5.69.